The molecule has 0 fully saturated rings. The number of rotatable bonds is 14. The number of halogens is 1. The van der Waals surface area contributed by atoms with Gasteiger partial charge in [-0.25, -0.2) is 4.99 Å². The van der Waals surface area contributed by atoms with E-state index < -0.39 is 0 Å². The van der Waals surface area contributed by atoms with Gasteiger partial charge in [-0.15, -0.1) is 24.0 Å². The van der Waals surface area contributed by atoms with Crippen LogP contribution in [-0.2, 0) is 20.8 Å². The molecule has 1 aromatic rings. The van der Waals surface area contributed by atoms with Gasteiger partial charge < -0.3 is 29.6 Å². The Kier molecular flexibility index (Phi) is 17.5. The molecule has 1 aromatic carbocycles. The molecule has 0 atom stereocenters. The second kappa shape index (κ2) is 18.3. The number of nitrogens with zero attached hydrogens (tertiary/aromatic N) is 1. The molecular formula is C19H34IN3O4. The minimum Gasteiger partial charge on any atom is -0.491 e. The molecule has 0 aliphatic heterocycles. The Morgan fingerprint density at radius 1 is 0.926 bits per heavy atom. The van der Waals surface area contributed by atoms with Gasteiger partial charge in [0.2, 0.25) is 0 Å². The fourth-order valence-corrected chi connectivity index (χ4v) is 2.07. The number of benzene rings is 1. The van der Waals surface area contributed by atoms with Gasteiger partial charge in [-0.1, -0.05) is 12.1 Å². The van der Waals surface area contributed by atoms with Crippen molar-refractivity contribution in [2.24, 2.45) is 4.99 Å². The normalized spacial score (nSPS) is 11.0. The average Bonchev–Trinajstić information content (AvgIpc) is 2.66. The fourth-order valence-electron chi connectivity index (χ4n) is 2.07. The van der Waals surface area contributed by atoms with Crippen LogP contribution in [-0.4, -0.2) is 66.3 Å². The number of hydrogen-bond acceptors (Lipinski definition) is 5. The monoisotopic (exact) mass is 495 g/mol. The summed E-state index contributed by atoms with van der Waals surface area (Å²) in [7, 11) is 3.33. The molecule has 0 bridgehead atoms. The Bertz CT molecular complexity index is 486. The highest BCUT2D eigenvalue weighted by atomic mass is 127. The fraction of sp³-hybridized carbons (Fsp3) is 0.632. The molecule has 0 saturated heterocycles. The van der Waals surface area contributed by atoms with Crippen molar-refractivity contribution in [1.29, 1.82) is 0 Å². The summed E-state index contributed by atoms with van der Waals surface area (Å²) in [6.07, 6.45) is 0.918. The predicted molar refractivity (Wildman–Crippen MR) is 119 cm³/mol. The molecule has 156 valence electrons. The molecule has 1 rings (SSSR count). The highest BCUT2D eigenvalue weighted by Gasteiger charge is 1.99. The first-order valence-corrected chi connectivity index (χ1v) is 9.09. The molecule has 0 aromatic heterocycles. The lowest BCUT2D eigenvalue weighted by Gasteiger charge is -2.11. The van der Waals surface area contributed by atoms with Crippen molar-refractivity contribution >= 4 is 29.9 Å². The minimum absolute atomic E-state index is 0. The van der Waals surface area contributed by atoms with Crippen molar-refractivity contribution in [1.82, 2.24) is 10.6 Å². The van der Waals surface area contributed by atoms with Gasteiger partial charge in [-0.05, 0) is 31.0 Å². The van der Waals surface area contributed by atoms with E-state index in [1.165, 1.54) is 0 Å². The van der Waals surface area contributed by atoms with Crippen molar-refractivity contribution in [2.45, 2.75) is 19.9 Å². The first-order valence-electron chi connectivity index (χ1n) is 9.09. The minimum atomic E-state index is 0. The van der Waals surface area contributed by atoms with Crippen LogP contribution in [0.25, 0.3) is 0 Å². The van der Waals surface area contributed by atoms with Crippen LogP contribution in [0.15, 0.2) is 29.3 Å². The van der Waals surface area contributed by atoms with Gasteiger partial charge in [0.1, 0.15) is 12.4 Å². The number of aliphatic imine (C=N–C) groups is 1. The van der Waals surface area contributed by atoms with E-state index in [1.807, 2.05) is 24.3 Å². The molecule has 0 aliphatic carbocycles. The van der Waals surface area contributed by atoms with Crippen LogP contribution in [0.4, 0.5) is 0 Å². The third-order valence-corrected chi connectivity index (χ3v) is 3.43. The first-order chi connectivity index (χ1) is 12.8. The smallest absolute Gasteiger partial charge is 0.191 e. The van der Waals surface area contributed by atoms with E-state index in [9.17, 15) is 0 Å². The Morgan fingerprint density at radius 3 is 2.30 bits per heavy atom. The third-order valence-electron chi connectivity index (χ3n) is 3.43. The van der Waals surface area contributed by atoms with Crippen LogP contribution in [0, 0.1) is 0 Å². The van der Waals surface area contributed by atoms with Crippen LogP contribution in [0.3, 0.4) is 0 Å². The zero-order chi connectivity index (χ0) is 18.9. The first kappa shape index (κ1) is 25.9. The largest absolute Gasteiger partial charge is 0.491 e. The van der Waals surface area contributed by atoms with Crippen LogP contribution in [0.2, 0.25) is 0 Å². The summed E-state index contributed by atoms with van der Waals surface area (Å²) in [5.74, 6) is 1.65. The van der Waals surface area contributed by atoms with E-state index in [4.69, 9.17) is 18.9 Å². The van der Waals surface area contributed by atoms with Crippen molar-refractivity contribution in [3.05, 3.63) is 29.8 Å². The van der Waals surface area contributed by atoms with Crippen LogP contribution in [0.1, 0.15) is 18.9 Å². The number of guanidine groups is 1. The maximum atomic E-state index is 5.56. The zero-order valence-electron chi connectivity index (χ0n) is 16.7. The second-order valence-electron chi connectivity index (χ2n) is 5.57. The number of hydrogen-bond donors (Lipinski definition) is 2. The molecular weight excluding hydrogens is 461 g/mol. The van der Waals surface area contributed by atoms with Crippen LogP contribution in [0.5, 0.6) is 5.75 Å². The van der Waals surface area contributed by atoms with E-state index in [-0.39, 0.29) is 24.0 Å². The summed E-state index contributed by atoms with van der Waals surface area (Å²) < 4.78 is 20.9. The van der Waals surface area contributed by atoms with E-state index in [0.717, 1.165) is 36.8 Å². The van der Waals surface area contributed by atoms with Crippen LogP contribution >= 0.6 is 24.0 Å². The lowest BCUT2D eigenvalue weighted by atomic mass is 10.2. The molecule has 27 heavy (non-hydrogen) atoms. The molecule has 0 saturated carbocycles. The standard InChI is InChI=1S/C19H33N3O4.HI/c1-4-20-19(21-10-5-11-25-14-12-23-2)22-16-17-6-8-18(9-7-17)26-15-13-24-3;/h6-9H,4-5,10-16H2,1-3H3,(H2,20,21,22);1H. The van der Waals surface area contributed by atoms with E-state index in [2.05, 4.69) is 22.5 Å². The van der Waals surface area contributed by atoms with Crippen LogP contribution < -0.4 is 15.4 Å². The summed E-state index contributed by atoms with van der Waals surface area (Å²) in [4.78, 5) is 4.61. The van der Waals surface area contributed by atoms with Crippen molar-refractivity contribution in [3.8, 4) is 5.75 Å². The molecule has 0 heterocycles. The quantitative estimate of drug-likeness (QED) is 0.179. The molecule has 0 radical (unpaired) electrons. The molecule has 0 unspecified atom stereocenters. The number of nitrogens with one attached hydrogen (secondary N) is 2. The van der Waals surface area contributed by atoms with E-state index in [1.54, 1.807) is 14.2 Å². The Balaban J connectivity index is 0.00000676. The molecule has 0 amide bonds. The summed E-state index contributed by atoms with van der Waals surface area (Å²) in [6, 6.07) is 7.97. The maximum absolute atomic E-state index is 5.56. The zero-order valence-corrected chi connectivity index (χ0v) is 19.0. The molecule has 7 nitrogen and oxygen atoms in total. The van der Waals surface area contributed by atoms with Gasteiger partial charge in [0.25, 0.3) is 0 Å². The van der Waals surface area contributed by atoms with Crippen molar-refractivity contribution < 1.29 is 18.9 Å². The highest BCUT2D eigenvalue weighted by molar-refractivity contribution is 14.0. The summed E-state index contributed by atoms with van der Waals surface area (Å²) in [6.45, 7) is 7.41. The van der Waals surface area contributed by atoms with Gasteiger partial charge >= 0.3 is 0 Å². The van der Waals surface area contributed by atoms with Gasteiger partial charge in [-0.2, -0.15) is 0 Å². The van der Waals surface area contributed by atoms with Gasteiger partial charge in [0.05, 0.1) is 26.4 Å². The Labute approximate surface area is 180 Å². The summed E-state index contributed by atoms with van der Waals surface area (Å²) in [5, 5.41) is 6.57. The van der Waals surface area contributed by atoms with E-state index >= 15 is 0 Å². The lowest BCUT2D eigenvalue weighted by Crippen LogP contribution is -2.38. The average molecular weight is 495 g/mol. The van der Waals surface area contributed by atoms with Crippen molar-refractivity contribution in [2.75, 3.05) is 60.3 Å². The van der Waals surface area contributed by atoms with Gasteiger partial charge in [0.15, 0.2) is 5.96 Å². The molecule has 8 heteroatoms. The molecule has 2 N–H and O–H groups in total. The topological polar surface area (TPSA) is 73.3 Å². The van der Waals surface area contributed by atoms with E-state index in [0.29, 0.717) is 39.6 Å². The Morgan fingerprint density at radius 2 is 1.63 bits per heavy atom. The number of ether oxygens (including phenoxy) is 4. The summed E-state index contributed by atoms with van der Waals surface area (Å²) >= 11 is 0. The third kappa shape index (κ3) is 13.7. The van der Waals surface area contributed by atoms with Gasteiger partial charge in [-0.3, -0.25) is 0 Å². The second-order valence-corrected chi connectivity index (χ2v) is 5.57. The predicted octanol–water partition coefficient (Wildman–Crippen LogP) is 2.44. The molecule has 0 spiro atoms. The Hall–Kier alpha value is -1.10. The molecule has 0 aliphatic rings. The highest BCUT2D eigenvalue weighted by Crippen LogP contribution is 2.12. The number of methoxy groups -OCH3 is 2. The summed E-state index contributed by atoms with van der Waals surface area (Å²) in [5.41, 5.74) is 1.13. The SMILES string of the molecule is CCNC(=NCc1ccc(OCCOC)cc1)NCCCOCCOC.I. The van der Waals surface area contributed by atoms with Gasteiger partial charge in [0, 0.05) is 33.9 Å². The van der Waals surface area contributed by atoms with Crippen molar-refractivity contribution in [3.63, 3.8) is 0 Å². The lowest BCUT2D eigenvalue weighted by molar-refractivity contribution is 0.0698. The maximum Gasteiger partial charge on any atom is 0.191 e.